The van der Waals surface area contributed by atoms with Crippen molar-refractivity contribution in [2.75, 3.05) is 6.54 Å². The molecule has 1 N–H and O–H groups in total. The van der Waals surface area contributed by atoms with Gasteiger partial charge < -0.3 is 14.7 Å². The monoisotopic (exact) mass is 377 g/mol. The number of benzene rings is 1. The van der Waals surface area contributed by atoms with E-state index in [1.54, 1.807) is 9.47 Å². The van der Waals surface area contributed by atoms with Crippen molar-refractivity contribution in [3.63, 3.8) is 0 Å². The first-order valence-corrected chi connectivity index (χ1v) is 7.95. The van der Waals surface area contributed by atoms with Crippen molar-refractivity contribution in [3.8, 4) is 11.6 Å². The molecule has 4 rings (SSSR count). The highest BCUT2D eigenvalue weighted by Crippen LogP contribution is 2.43. The maximum absolute atomic E-state index is 12.9. The summed E-state index contributed by atoms with van der Waals surface area (Å²) >= 11 is 3.45. The average molecular weight is 378 g/mol. The van der Waals surface area contributed by atoms with Crippen LogP contribution in [0.3, 0.4) is 0 Å². The minimum atomic E-state index is -1.42. The van der Waals surface area contributed by atoms with E-state index in [2.05, 4.69) is 20.9 Å². The first-order chi connectivity index (χ1) is 11.1. The molecular formula is C15H12BrN3O4. The molecule has 2 aliphatic rings. The largest absolute Gasteiger partial charge is 0.512 e. The maximum atomic E-state index is 12.9. The minimum absolute atomic E-state index is 0.0371. The van der Waals surface area contributed by atoms with Crippen molar-refractivity contribution in [2.45, 2.75) is 18.9 Å². The molecule has 0 bridgehead atoms. The predicted octanol–water partition coefficient (Wildman–Crippen LogP) is 2.98. The Morgan fingerprint density at radius 3 is 3.04 bits per heavy atom. The van der Waals surface area contributed by atoms with E-state index in [1.807, 2.05) is 18.2 Å². The third kappa shape index (κ3) is 2.05. The second kappa shape index (κ2) is 5.09. The number of rotatable bonds is 1. The molecule has 0 spiro atoms. The molecule has 1 aromatic heterocycles. The van der Waals surface area contributed by atoms with Crippen molar-refractivity contribution < 1.29 is 19.4 Å². The zero-order valence-electron chi connectivity index (χ0n) is 11.9. The van der Waals surface area contributed by atoms with Crippen LogP contribution in [0.25, 0.3) is 5.69 Å². The zero-order chi connectivity index (χ0) is 16.1. The molecule has 0 saturated carbocycles. The Morgan fingerprint density at radius 2 is 2.26 bits per heavy atom. The van der Waals surface area contributed by atoms with Gasteiger partial charge in [-0.25, -0.2) is 9.78 Å². The van der Waals surface area contributed by atoms with Gasteiger partial charge in [-0.15, -0.1) is 0 Å². The van der Waals surface area contributed by atoms with Crippen molar-refractivity contribution in [1.29, 1.82) is 0 Å². The van der Waals surface area contributed by atoms with Crippen molar-refractivity contribution >= 4 is 28.0 Å². The molecule has 2 aromatic rings. The summed E-state index contributed by atoms with van der Waals surface area (Å²) in [6.07, 6.45) is 1.70. The number of imidazole rings is 1. The number of ether oxygens (including phenoxy) is 1. The van der Waals surface area contributed by atoms with Gasteiger partial charge in [-0.05, 0) is 40.9 Å². The Morgan fingerprint density at radius 1 is 1.43 bits per heavy atom. The molecule has 1 saturated heterocycles. The molecule has 1 fully saturated rings. The first kappa shape index (κ1) is 14.3. The fourth-order valence-electron chi connectivity index (χ4n) is 3.36. The number of aromatic nitrogens is 2. The minimum Gasteiger partial charge on any atom is -0.449 e. The van der Waals surface area contributed by atoms with Gasteiger partial charge in [-0.1, -0.05) is 6.07 Å². The number of hydrogen-bond acceptors (Lipinski definition) is 4. The fourth-order valence-corrected chi connectivity index (χ4v) is 3.89. The number of carbonyl (C=O) groups is 2. The molecule has 0 aliphatic carbocycles. The van der Waals surface area contributed by atoms with Gasteiger partial charge in [0, 0.05) is 11.0 Å². The summed E-state index contributed by atoms with van der Waals surface area (Å²) in [6.45, 7) is 0.627. The molecule has 2 aliphatic heterocycles. The quantitative estimate of drug-likeness (QED) is 0.772. The highest BCUT2D eigenvalue weighted by molar-refractivity contribution is 9.10. The van der Waals surface area contributed by atoms with Crippen LogP contribution in [0.1, 0.15) is 34.9 Å². The lowest BCUT2D eigenvalue weighted by Gasteiger charge is -2.22. The molecule has 1 amide bonds. The summed E-state index contributed by atoms with van der Waals surface area (Å²) in [6, 6.07) is 5.22. The Bertz CT molecular complexity index is 832. The van der Waals surface area contributed by atoms with Crippen LogP contribution in [0.15, 0.2) is 29.0 Å². The highest BCUT2D eigenvalue weighted by atomic mass is 79.9. The van der Waals surface area contributed by atoms with E-state index in [0.717, 1.165) is 12.8 Å². The topological polar surface area (TPSA) is 84.7 Å². The van der Waals surface area contributed by atoms with Crippen LogP contribution < -0.4 is 4.74 Å². The van der Waals surface area contributed by atoms with E-state index >= 15 is 0 Å². The summed E-state index contributed by atoms with van der Waals surface area (Å²) < 4.78 is 7.29. The second-order valence-electron chi connectivity index (χ2n) is 5.46. The summed E-state index contributed by atoms with van der Waals surface area (Å²) in [4.78, 5) is 29.7. The first-order valence-electron chi connectivity index (χ1n) is 7.16. The lowest BCUT2D eigenvalue weighted by molar-refractivity contribution is 0.0736. The second-order valence-corrected chi connectivity index (χ2v) is 6.32. The van der Waals surface area contributed by atoms with Gasteiger partial charge in [0.25, 0.3) is 5.91 Å². The summed E-state index contributed by atoms with van der Waals surface area (Å²) in [7, 11) is 0. The van der Waals surface area contributed by atoms with Crippen molar-refractivity contribution in [2.24, 2.45) is 0 Å². The van der Waals surface area contributed by atoms with Crippen LogP contribution in [0.5, 0.6) is 5.88 Å². The molecular weight excluding hydrogens is 366 g/mol. The Balaban J connectivity index is 2.00. The average Bonchev–Trinajstić information content (AvgIpc) is 3.10. The molecule has 0 radical (unpaired) electrons. The van der Waals surface area contributed by atoms with Crippen LogP contribution in [-0.4, -0.2) is 38.2 Å². The Labute approximate surface area is 139 Å². The summed E-state index contributed by atoms with van der Waals surface area (Å²) in [5.41, 5.74) is 1.83. The van der Waals surface area contributed by atoms with Gasteiger partial charge in [0.15, 0.2) is 0 Å². The van der Waals surface area contributed by atoms with E-state index in [4.69, 9.17) is 9.84 Å². The fraction of sp³-hybridized carbons (Fsp3) is 0.267. The maximum Gasteiger partial charge on any atom is 0.512 e. The van der Waals surface area contributed by atoms with Crippen LogP contribution >= 0.6 is 15.9 Å². The number of carboxylic acid groups (broad SMARTS) is 1. The number of carbonyl (C=O) groups excluding carboxylic acids is 1. The molecule has 0 unspecified atom stereocenters. The van der Waals surface area contributed by atoms with Crippen LogP contribution in [0.4, 0.5) is 4.79 Å². The molecule has 3 heterocycles. The standard InChI is InChI=1S/C15H12BrN3O4/c16-8-3-1-4-9-11(8)14(20)18-6-2-5-10(18)12-13(23-15(21)22)17-7-19(9)12/h1,3-4,7,10H,2,5-6H2,(H,21,22)/t10-/m0/s1. The molecule has 23 heavy (non-hydrogen) atoms. The molecule has 7 nitrogen and oxygen atoms in total. The van der Waals surface area contributed by atoms with Crippen molar-refractivity contribution in [1.82, 2.24) is 14.5 Å². The van der Waals surface area contributed by atoms with E-state index in [9.17, 15) is 9.59 Å². The SMILES string of the molecule is O=C(O)Oc1ncn2c1[C@@H]1CCCN1C(=O)c1c(Br)cccc1-2. The normalized spacial score (nSPS) is 18.9. The zero-order valence-corrected chi connectivity index (χ0v) is 13.5. The van der Waals surface area contributed by atoms with Gasteiger partial charge in [0.1, 0.15) is 12.0 Å². The van der Waals surface area contributed by atoms with E-state index in [-0.39, 0.29) is 17.8 Å². The molecule has 1 atom stereocenters. The van der Waals surface area contributed by atoms with Gasteiger partial charge >= 0.3 is 6.16 Å². The highest BCUT2D eigenvalue weighted by Gasteiger charge is 2.40. The van der Waals surface area contributed by atoms with Gasteiger partial charge in [0.05, 0.1) is 17.3 Å². The number of halogens is 1. The van der Waals surface area contributed by atoms with E-state index in [0.29, 0.717) is 28.0 Å². The lowest BCUT2D eigenvalue weighted by Crippen LogP contribution is -2.30. The Kier molecular flexibility index (Phi) is 3.15. The van der Waals surface area contributed by atoms with Crippen LogP contribution in [0.2, 0.25) is 0 Å². The van der Waals surface area contributed by atoms with Crippen molar-refractivity contribution in [3.05, 3.63) is 40.3 Å². The number of amides is 1. The smallest absolute Gasteiger partial charge is 0.449 e. The van der Waals surface area contributed by atoms with Gasteiger partial charge in [-0.2, -0.15) is 0 Å². The predicted molar refractivity (Wildman–Crippen MR) is 82.9 cm³/mol. The third-order valence-electron chi connectivity index (χ3n) is 4.25. The molecule has 118 valence electrons. The third-order valence-corrected chi connectivity index (χ3v) is 4.91. The Hall–Kier alpha value is -2.35. The number of fused-ring (bicyclic) bond motifs is 5. The number of hydrogen-bond donors (Lipinski definition) is 1. The van der Waals surface area contributed by atoms with Crippen LogP contribution in [-0.2, 0) is 0 Å². The van der Waals surface area contributed by atoms with Gasteiger partial charge in [0.2, 0.25) is 5.88 Å². The van der Waals surface area contributed by atoms with Crippen LogP contribution in [0, 0.1) is 0 Å². The molecule has 8 heteroatoms. The lowest BCUT2D eigenvalue weighted by atomic mass is 10.1. The summed E-state index contributed by atoms with van der Waals surface area (Å²) in [5, 5.41) is 8.93. The molecule has 1 aromatic carbocycles. The number of nitrogens with zero attached hydrogens (tertiary/aromatic N) is 3. The van der Waals surface area contributed by atoms with E-state index in [1.165, 1.54) is 6.33 Å². The summed E-state index contributed by atoms with van der Waals surface area (Å²) in [5.74, 6) is -0.0324. The van der Waals surface area contributed by atoms with E-state index < -0.39 is 6.16 Å². The van der Waals surface area contributed by atoms with Gasteiger partial charge in [-0.3, -0.25) is 9.36 Å².